The second-order valence-electron chi connectivity index (χ2n) is 6.52. The summed E-state index contributed by atoms with van der Waals surface area (Å²) in [6.45, 7) is 4.63. The molecule has 3 aromatic rings. The summed E-state index contributed by atoms with van der Waals surface area (Å²) in [7, 11) is 0. The zero-order chi connectivity index (χ0) is 19.9. The van der Waals surface area contributed by atoms with Crippen LogP contribution in [0.3, 0.4) is 0 Å². The Morgan fingerprint density at radius 3 is 2.75 bits per heavy atom. The monoisotopic (exact) mass is 398 g/mol. The second kappa shape index (κ2) is 9.42. The van der Waals surface area contributed by atoms with Crippen LogP contribution in [0, 0.1) is 6.92 Å². The molecular formula is C22H23ClN2O3. The van der Waals surface area contributed by atoms with Crippen molar-refractivity contribution < 1.29 is 13.9 Å². The fourth-order valence-corrected chi connectivity index (χ4v) is 2.82. The van der Waals surface area contributed by atoms with Gasteiger partial charge in [-0.2, -0.15) is 0 Å². The summed E-state index contributed by atoms with van der Waals surface area (Å²) in [4.78, 5) is 16.6. The molecule has 0 aliphatic carbocycles. The highest BCUT2D eigenvalue weighted by Gasteiger charge is 2.12. The highest BCUT2D eigenvalue weighted by molar-refractivity contribution is 6.31. The third kappa shape index (κ3) is 5.36. The van der Waals surface area contributed by atoms with Crippen LogP contribution in [0.2, 0.25) is 5.02 Å². The largest absolute Gasteiger partial charge is 0.491 e. The van der Waals surface area contributed by atoms with Gasteiger partial charge in [-0.15, -0.1) is 0 Å². The summed E-state index contributed by atoms with van der Waals surface area (Å²) >= 11 is 6.05. The van der Waals surface area contributed by atoms with Crippen molar-refractivity contribution in [2.75, 3.05) is 11.9 Å². The second-order valence-corrected chi connectivity index (χ2v) is 6.96. The van der Waals surface area contributed by atoms with Crippen molar-refractivity contribution in [3.05, 3.63) is 65.1 Å². The molecule has 0 spiro atoms. The predicted molar refractivity (Wildman–Crippen MR) is 111 cm³/mol. The van der Waals surface area contributed by atoms with Crippen LogP contribution in [-0.4, -0.2) is 17.5 Å². The van der Waals surface area contributed by atoms with Gasteiger partial charge in [0.05, 0.1) is 18.5 Å². The van der Waals surface area contributed by atoms with Crippen LogP contribution in [0.25, 0.3) is 11.3 Å². The number of aromatic nitrogens is 1. The Bertz CT molecular complexity index is 935. The molecule has 28 heavy (non-hydrogen) atoms. The first kappa shape index (κ1) is 20.0. The maximum Gasteiger partial charge on any atom is 0.224 e. The number of aryl methyl sites for hydroxylation is 2. The molecular weight excluding hydrogens is 376 g/mol. The summed E-state index contributed by atoms with van der Waals surface area (Å²) < 4.78 is 11.4. The van der Waals surface area contributed by atoms with Crippen LogP contribution < -0.4 is 10.1 Å². The van der Waals surface area contributed by atoms with E-state index in [0.717, 1.165) is 12.0 Å². The van der Waals surface area contributed by atoms with Crippen LogP contribution in [0.4, 0.5) is 5.69 Å². The minimum atomic E-state index is -0.154. The lowest BCUT2D eigenvalue weighted by molar-refractivity contribution is -0.116. The molecule has 0 bridgehead atoms. The van der Waals surface area contributed by atoms with E-state index in [1.807, 2.05) is 38.1 Å². The summed E-state index contributed by atoms with van der Waals surface area (Å²) in [6.07, 6.45) is 3.21. The summed E-state index contributed by atoms with van der Waals surface area (Å²) in [5.74, 6) is 1.68. The molecule has 146 valence electrons. The minimum Gasteiger partial charge on any atom is -0.491 e. The summed E-state index contributed by atoms with van der Waals surface area (Å²) in [6, 6.07) is 13.2. The number of benzene rings is 2. The Morgan fingerprint density at radius 2 is 2.00 bits per heavy atom. The molecule has 1 aromatic heterocycles. The van der Waals surface area contributed by atoms with Gasteiger partial charge < -0.3 is 14.5 Å². The average molecular weight is 399 g/mol. The third-order valence-electron chi connectivity index (χ3n) is 4.13. The maximum atomic E-state index is 12.4. The van der Waals surface area contributed by atoms with Crippen molar-refractivity contribution in [3.63, 3.8) is 0 Å². The topological polar surface area (TPSA) is 64.4 Å². The number of amides is 1. The molecule has 0 saturated heterocycles. The van der Waals surface area contributed by atoms with Gasteiger partial charge in [-0.25, -0.2) is 4.98 Å². The van der Waals surface area contributed by atoms with Crippen molar-refractivity contribution in [1.29, 1.82) is 0 Å². The molecule has 0 aliphatic heterocycles. The lowest BCUT2D eigenvalue weighted by atomic mass is 10.1. The van der Waals surface area contributed by atoms with Gasteiger partial charge in [0.2, 0.25) is 5.91 Å². The number of rotatable bonds is 8. The number of hydrogen-bond acceptors (Lipinski definition) is 4. The SMILES string of the molecule is CCCOc1ccc(Cl)cc1NC(=O)CCc1ncc(-c2ccc(C)cc2)o1. The Hall–Kier alpha value is -2.79. The van der Waals surface area contributed by atoms with Crippen LogP contribution in [-0.2, 0) is 11.2 Å². The third-order valence-corrected chi connectivity index (χ3v) is 4.37. The highest BCUT2D eigenvalue weighted by atomic mass is 35.5. The number of nitrogens with one attached hydrogen (secondary N) is 1. The fraction of sp³-hybridized carbons (Fsp3) is 0.273. The standard InChI is InChI=1S/C22H23ClN2O3/c1-3-12-27-19-9-8-17(23)13-18(19)25-21(26)10-11-22-24-14-20(28-22)16-6-4-15(2)5-7-16/h4-9,13-14H,3,10-12H2,1-2H3,(H,25,26). The van der Waals surface area contributed by atoms with Gasteiger partial charge >= 0.3 is 0 Å². The Balaban J connectivity index is 1.59. The lowest BCUT2D eigenvalue weighted by Crippen LogP contribution is -2.13. The Morgan fingerprint density at radius 1 is 1.21 bits per heavy atom. The van der Waals surface area contributed by atoms with Gasteiger partial charge in [-0.1, -0.05) is 48.4 Å². The van der Waals surface area contributed by atoms with Gasteiger partial charge in [-0.05, 0) is 31.5 Å². The number of halogens is 1. The smallest absolute Gasteiger partial charge is 0.224 e. The zero-order valence-electron chi connectivity index (χ0n) is 16.0. The van der Waals surface area contributed by atoms with E-state index < -0.39 is 0 Å². The number of ether oxygens (including phenoxy) is 1. The van der Waals surface area contributed by atoms with Gasteiger partial charge in [0, 0.05) is 23.4 Å². The molecule has 1 heterocycles. The van der Waals surface area contributed by atoms with Crippen molar-refractivity contribution in [2.24, 2.45) is 0 Å². The van der Waals surface area contributed by atoms with Gasteiger partial charge in [-0.3, -0.25) is 4.79 Å². The van der Waals surface area contributed by atoms with E-state index in [4.69, 9.17) is 20.8 Å². The maximum absolute atomic E-state index is 12.4. The average Bonchev–Trinajstić information content (AvgIpc) is 3.15. The molecule has 1 N–H and O–H groups in total. The van der Waals surface area contributed by atoms with E-state index in [-0.39, 0.29) is 12.3 Å². The number of carbonyl (C=O) groups is 1. The predicted octanol–water partition coefficient (Wildman–Crippen LogP) is 5.66. The van der Waals surface area contributed by atoms with Crippen LogP contribution >= 0.6 is 11.6 Å². The molecule has 0 saturated carbocycles. The molecule has 0 atom stereocenters. The molecule has 0 aliphatic rings. The summed E-state index contributed by atoms with van der Waals surface area (Å²) in [5, 5.41) is 3.39. The fourth-order valence-electron chi connectivity index (χ4n) is 2.65. The van der Waals surface area contributed by atoms with E-state index in [1.165, 1.54) is 5.56 Å². The molecule has 3 rings (SSSR count). The van der Waals surface area contributed by atoms with Crippen molar-refractivity contribution >= 4 is 23.2 Å². The number of carbonyl (C=O) groups excluding carboxylic acids is 1. The molecule has 0 fully saturated rings. The number of nitrogens with zero attached hydrogens (tertiary/aromatic N) is 1. The van der Waals surface area contributed by atoms with Gasteiger partial charge in [0.1, 0.15) is 5.75 Å². The molecule has 1 amide bonds. The van der Waals surface area contributed by atoms with Gasteiger partial charge in [0.25, 0.3) is 0 Å². The van der Waals surface area contributed by atoms with Crippen molar-refractivity contribution in [3.8, 4) is 17.1 Å². The van der Waals surface area contributed by atoms with E-state index in [1.54, 1.807) is 24.4 Å². The Labute approximate surface area is 169 Å². The summed E-state index contributed by atoms with van der Waals surface area (Å²) in [5.41, 5.74) is 2.72. The number of oxazole rings is 1. The first-order chi connectivity index (χ1) is 13.5. The molecule has 6 heteroatoms. The highest BCUT2D eigenvalue weighted by Crippen LogP contribution is 2.28. The molecule has 0 unspecified atom stereocenters. The molecule has 0 radical (unpaired) electrons. The number of hydrogen-bond donors (Lipinski definition) is 1. The van der Waals surface area contributed by atoms with E-state index in [2.05, 4.69) is 10.3 Å². The number of anilines is 1. The van der Waals surface area contributed by atoms with E-state index in [9.17, 15) is 4.79 Å². The zero-order valence-corrected chi connectivity index (χ0v) is 16.8. The van der Waals surface area contributed by atoms with Crippen molar-refractivity contribution in [1.82, 2.24) is 4.98 Å². The minimum absolute atomic E-state index is 0.154. The quantitative estimate of drug-likeness (QED) is 0.531. The van der Waals surface area contributed by atoms with Crippen molar-refractivity contribution in [2.45, 2.75) is 33.1 Å². The molecule has 2 aromatic carbocycles. The van der Waals surface area contributed by atoms with Gasteiger partial charge in [0.15, 0.2) is 11.7 Å². The lowest BCUT2D eigenvalue weighted by Gasteiger charge is -2.12. The van der Waals surface area contributed by atoms with Crippen LogP contribution in [0.1, 0.15) is 31.2 Å². The van der Waals surface area contributed by atoms with Crippen LogP contribution in [0.15, 0.2) is 53.1 Å². The first-order valence-electron chi connectivity index (χ1n) is 9.29. The first-order valence-corrected chi connectivity index (χ1v) is 9.67. The molecule has 5 nitrogen and oxygen atoms in total. The Kier molecular flexibility index (Phi) is 6.71. The van der Waals surface area contributed by atoms with E-state index in [0.29, 0.717) is 41.1 Å². The normalized spacial score (nSPS) is 10.7. The van der Waals surface area contributed by atoms with Crippen LogP contribution in [0.5, 0.6) is 5.75 Å². The van der Waals surface area contributed by atoms with E-state index >= 15 is 0 Å².